The van der Waals surface area contributed by atoms with E-state index in [-0.39, 0.29) is 0 Å². The highest BCUT2D eigenvalue weighted by Crippen LogP contribution is 2.37. The fourth-order valence-electron chi connectivity index (χ4n) is 2.52. The number of hydrogen-bond acceptors (Lipinski definition) is 6. The lowest BCUT2D eigenvalue weighted by Crippen LogP contribution is -2.37. The smallest absolute Gasteiger partial charge is 0.186 e. The second-order valence-electron chi connectivity index (χ2n) is 5.02. The van der Waals surface area contributed by atoms with Gasteiger partial charge < -0.3 is 10.6 Å². The Morgan fingerprint density at radius 2 is 2.21 bits per heavy atom. The molecule has 1 atom stereocenters. The quantitative estimate of drug-likeness (QED) is 0.920. The summed E-state index contributed by atoms with van der Waals surface area (Å²) in [6.45, 7) is 5.46. The maximum Gasteiger partial charge on any atom is 0.186 e. The van der Waals surface area contributed by atoms with Gasteiger partial charge in [0.1, 0.15) is 0 Å². The van der Waals surface area contributed by atoms with Crippen molar-refractivity contribution in [1.29, 1.82) is 0 Å². The topological polar surface area (TPSA) is 55.0 Å². The largest absolute Gasteiger partial charge is 0.375 e. The zero-order chi connectivity index (χ0) is 13.4. The molecule has 4 nitrogen and oxygen atoms in total. The van der Waals surface area contributed by atoms with Crippen LogP contribution in [0.4, 0.5) is 10.3 Å². The van der Waals surface area contributed by atoms with Gasteiger partial charge in [0, 0.05) is 18.0 Å². The van der Waals surface area contributed by atoms with Gasteiger partial charge >= 0.3 is 0 Å². The minimum Gasteiger partial charge on any atom is -0.375 e. The van der Waals surface area contributed by atoms with Crippen LogP contribution in [0.3, 0.4) is 0 Å². The summed E-state index contributed by atoms with van der Waals surface area (Å²) in [5.41, 5.74) is 7.74. The predicted molar refractivity (Wildman–Crippen MR) is 83.0 cm³/mol. The molecule has 3 heterocycles. The van der Waals surface area contributed by atoms with Crippen molar-refractivity contribution < 1.29 is 0 Å². The van der Waals surface area contributed by atoms with Crippen molar-refractivity contribution in [2.75, 3.05) is 17.2 Å². The van der Waals surface area contributed by atoms with Gasteiger partial charge in [-0.1, -0.05) is 11.3 Å². The summed E-state index contributed by atoms with van der Waals surface area (Å²) in [6, 6.07) is 0.590. The minimum absolute atomic E-state index is 0.590. The lowest BCUT2D eigenvalue weighted by molar-refractivity contribution is 0.484. The number of hydrogen-bond donors (Lipinski definition) is 1. The highest BCUT2D eigenvalue weighted by atomic mass is 32.1. The number of aromatic nitrogens is 2. The second-order valence-corrected chi connectivity index (χ2v) is 6.89. The van der Waals surface area contributed by atoms with E-state index >= 15 is 0 Å². The van der Waals surface area contributed by atoms with Gasteiger partial charge in [-0.15, -0.1) is 11.3 Å². The Bertz CT molecular complexity index is 575. The van der Waals surface area contributed by atoms with Crippen molar-refractivity contribution >= 4 is 32.9 Å². The van der Waals surface area contributed by atoms with Gasteiger partial charge in [-0.05, 0) is 33.1 Å². The fourth-order valence-corrected chi connectivity index (χ4v) is 4.30. The molecule has 0 aliphatic carbocycles. The molecule has 1 saturated heterocycles. The van der Waals surface area contributed by atoms with Gasteiger partial charge in [0.05, 0.1) is 16.3 Å². The van der Waals surface area contributed by atoms with Gasteiger partial charge in [0.15, 0.2) is 10.3 Å². The monoisotopic (exact) mass is 294 g/mol. The van der Waals surface area contributed by atoms with Gasteiger partial charge in [-0.3, -0.25) is 0 Å². The molecular weight excluding hydrogens is 276 g/mol. The number of anilines is 2. The van der Waals surface area contributed by atoms with Crippen LogP contribution in [0.25, 0.3) is 10.6 Å². The van der Waals surface area contributed by atoms with Crippen molar-refractivity contribution in [3.8, 4) is 10.6 Å². The Hall–Kier alpha value is -1.14. The normalized spacial score (nSPS) is 19.9. The maximum atomic E-state index is 5.72. The fraction of sp³-hybridized carbons (Fsp3) is 0.538. The maximum absolute atomic E-state index is 5.72. The number of aryl methyl sites for hydroxylation is 1. The molecule has 6 heteroatoms. The van der Waals surface area contributed by atoms with Crippen LogP contribution in [0.5, 0.6) is 0 Å². The standard InChI is InChI=1S/C13H18N4S2/c1-8-5-3-4-6-17(8)13-15-9(2)11(19-13)10-7-18-12(14)16-10/h7-8H,3-6H2,1-2H3,(H2,14,16). The van der Waals surface area contributed by atoms with Crippen molar-refractivity contribution in [2.45, 2.75) is 39.2 Å². The zero-order valence-electron chi connectivity index (χ0n) is 11.2. The number of nitrogen functional groups attached to an aromatic ring is 1. The summed E-state index contributed by atoms with van der Waals surface area (Å²) in [6.07, 6.45) is 3.86. The Morgan fingerprint density at radius 1 is 1.37 bits per heavy atom. The first-order valence-corrected chi connectivity index (χ1v) is 8.30. The van der Waals surface area contributed by atoms with Crippen LogP contribution in [-0.4, -0.2) is 22.6 Å². The number of piperidine rings is 1. The lowest BCUT2D eigenvalue weighted by Gasteiger charge is -2.33. The molecule has 0 amide bonds. The van der Waals surface area contributed by atoms with Crippen LogP contribution in [-0.2, 0) is 0 Å². The van der Waals surface area contributed by atoms with E-state index in [9.17, 15) is 0 Å². The summed E-state index contributed by atoms with van der Waals surface area (Å²) in [5.74, 6) is 0. The molecule has 0 bridgehead atoms. The molecule has 1 aliphatic rings. The Kier molecular flexibility index (Phi) is 3.45. The molecule has 3 rings (SSSR count). The summed E-state index contributed by atoms with van der Waals surface area (Å²) in [5, 5.41) is 3.76. The molecule has 0 aromatic carbocycles. The van der Waals surface area contributed by atoms with Gasteiger partial charge in [0.25, 0.3) is 0 Å². The van der Waals surface area contributed by atoms with Crippen molar-refractivity contribution in [3.63, 3.8) is 0 Å². The van der Waals surface area contributed by atoms with E-state index in [0.29, 0.717) is 11.2 Å². The number of nitrogens with zero attached hydrogens (tertiary/aromatic N) is 3. The molecule has 0 saturated carbocycles. The van der Waals surface area contributed by atoms with Crippen LogP contribution in [0, 0.1) is 6.92 Å². The van der Waals surface area contributed by atoms with Gasteiger partial charge in [-0.25, -0.2) is 9.97 Å². The van der Waals surface area contributed by atoms with E-state index in [1.807, 2.05) is 5.38 Å². The lowest BCUT2D eigenvalue weighted by atomic mass is 10.1. The first-order chi connectivity index (χ1) is 9.15. The molecule has 0 spiro atoms. The SMILES string of the molecule is Cc1nc(N2CCCCC2C)sc1-c1csc(N)n1. The third-order valence-electron chi connectivity index (χ3n) is 3.59. The van der Waals surface area contributed by atoms with Crippen LogP contribution in [0.1, 0.15) is 31.9 Å². The Labute approximate surface area is 121 Å². The molecule has 2 aromatic heterocycles. The average Bonchev–Trinajstić information content (AvgIpc) is 2.96. The molecule has 1 aliphatic heterocycles. The highest BCUT2D eigenvalue weighted by molar-refractivity contribution is 7.19. The average molecular weight is 294 g/mol. The Morgan fingerprint density at radius 3 is 2.89 bits per heavy atom. The number of thiazole rings is 2. The molecule has 19 heavy (non-hydrogen) atoms. The van der Waals surface area contributed by atoms with Crippen molar-refractivity contribution in [1.82, 2.24) is 9.97 Å². The van der Waals surface area contributed by atoms with Gasteiger partial charge in [0.2, 0.25) is 0 Å². The van der Waals surface area contributed by atoms with E-state index < -0.39 is 0 Å². The molecule has 1 unspecified atom stereocenters. The van der Waals surface area contributed by atoms with Crippen LogP contribution < -0.4 is 10.6 Å². The number of rotatable bonds is 2. The van der Waals surface area contributed by atoms with E-state index in [2.05, 4.69) is 23.7 Å². The minimum atomic E-state index is 0.590. The van der Waals surface area contributed by atoms with E-state index in [1.54, 1.807) is 11.3 Å². The summed E-state index contributed by atoms with van der Waals surface area (Å²) >= 11 is 3.22. The molecular formula is C13H18N4S2. The summed E-state index contributed by atoms with van der Waals surface area (Å²) < 4.78 is 0. The molecule has 0 radical (unpaired) electrons. The van der Waals surface area contributed by atoms with Crippen molar-refractivity contribution in [2.24, 2.45) is 0 Å². The summed E-state index contributed by atoms with van der Waals surface area (Å²) in [7, 11) is 0. The first-order valence-electron chi connectivity index (χ1n) is 6.60. The van der Waals surface area contributed by atoms with Crippen LogP contribution >= 0.6 is 22.7 Å². The van der Waals surface area contributed by atoms with E-state index in [0.717, 1.165) is 27.9 Å². The Balaban J connectivity index is 1.92. The number of nitrogens with two attached hydrogens (primary N) is 1. The van der Waals surface area contributed by atoms with Gasteiger partial charge in [-0.2, -0.15) is 0 Å². The van der Waals surface area contributed by atoms with Crippen LogP contribution in [0.2, 0.25) is 0 Å². The predicted octanol–water partition coefficient (Wildman–Crippen LogP) is 3.54. The first kappa shape index (κ1) is 12.9. The van der Waals surface area contributed by atoms with Crippen molar-refractivity contribution in [3.05, 3.63) is 11.1 Å². The molecule has 2 aromatic rings. The third kappa shape index (κ3) is 2.47. The second kappa shape index (κ2) is 5.09. The molecule has 102 valence electrons. The zero-order valence-corrected chi connectivity index (χ0v) is 12.9. The third-order valence-corrected chi connectivity index (χ3v) is 5.48. The summed E-state index contributed by atoms with van der Waals surface area (Å²) in [4.78, 5) is 12.7. The van der Waals surface area contributed by atoms with E-state index in [1.165, 1.54) is 30.6 Å². The van der Waals surface area contributed by atoms with Crippen LogP contribution in [0.15, 0.2) is 5.38 Å². The van der Waals surface area contributed by atoms with E-state index in [4.69, 9.17) is 10.7 Å². The molecule has 1 fully saturated rings. The molecule has 2 N–H and O–H groups in total. The highest BCUT2D eigenvalue weighted by Gasteiger charge is 2.23.